The Hall–Kier alpha value is -1.76. The van der Waals surface area contributed by atoms with E-state index >= 15 is 0 Å². The SMILES string of the molecule is CC(C)(C)c1nc(CS(=O)(=O)Cc2ccc(F)cc2)no1. The van der Waals surface area contributed by atoms with Crippen LogP contribution in [0.15, 0.2) is 28.8 Å². The highest BCUT2D eigenvalue weighted by Crippen LogP contribution is 2.20. The second-order valence-corrected chi connectivity index (χ2v) is 7.99. The van der Waals surface area contributed by atoms with Gasteiger partial charge in [0.25, 0.3) is 0 Å². The summed E-state index contributed by atoms with van der Waals surface area (Å²) in [5.41, 5.74) is 0.197. The molecule has 0 saturated heterocycles. The minimum absolute atomic E-state index is 0.141. The van der Waals surface area contributed by atoms with E-state index in [0.29, 0.717) is 11.5 Å². The molecular formula is C14H17FN2O3S. The van der Waals surface area contributed by atoms with Gasteiger partial charge in [0, 0.05) is 5.41 Å². The van der Waals surface area contributed by atoms with Crippen LogP contribution in [0.3, 0.4) is 0 Å². The molecule has 0 atom stereocenters. The van der Waals surface area contributed by atoms with E-state index in [1.807, 2.05) is 20.8 Å². The van der Waals surface area contributed by atoms with E-state index in [-0.39, 0.29) is 22.7 Å². The molecular weight excluding hydrogens is 295 g/mol. The lowest BCUT2D eigenvalue weighted by Gasteiger charge is -2.10. The van der Waals surface area contributed by atoms with Crippen molar-refractivity contribution in [3.05, 3.63) is 47.4 Å². The maximum absolute atomic E-state index is 12.8. The number of hydrogen-bond donors (Lipinski definition) is 0. The molecule has 1 aromatic heterocycles. The van der Waals surface area contributed by atoms with Crippen molar-refractivity contribution in [1.29, 1.82) is 0 Å². The number of aromatic nitrogens is 2. The van der Waals surface area contributed by atoms with Gasteiger partial charge in [-0.2, -0.15) is 4.98 Å². The van der Waals surface area contributed by atoms with E-state index in [9.17, 15) is 12.8 Å². The first-order valence-corrected chi connectivity index (χ1v) is 8.26. The first-order chi connectivity index (χ1) is 9.66. The molecule has 0 bridgehead atoms. The van der Waals surface area contributed by atoms with Gasteiger partial charge in [-0.05, 0) is 17.7 Å². The average Bonchev–Trinajstić information content (AvgIpc) is 2.79. The van der Waals surface area contributed by atoms with E-state index in [4.69, 9.17) is 4.52 Å². The Labute approximate surface area is 123 Å². The van der Waals surface area contributed by atoms with Crippen molar-refractivity contribution < 1.29 is 17.3 Å². The van der Waals surface area contributed by atoms with Gasteiger partial charge in [0.2, 0.25) is 5.89 Å². The van der Waals surface area contributed by atoms with E-state index in [2.05, 4.69) is 10.1 Å². The molecule has 1 heterocycles. The third-order valence-electron chi connectivity index (χ3n) is 2.76. The van der Waals surface area contributed by atoms with Gasteiger partial charge in [0.05, 0.1) is 5.75 Å². The fourth-order valence-corrected chi connectivity index (χ4v) is 3.01. The van der Waals surface area contributed by atoms with Crippen molar-refractivity contribution in [2.75, 3.05) is 0 Å². The Balaban J connectivity index is 2.10. The number of hydrogen-bond acceptors (Lipinski definition) is 5. The number of sulfone groups is 1. The second-order valence-electron chi connectivity index (χ2n) is 5.92. The molecule has 0 aliphatic carbocycles. The van der Waals surface area contributed by atoms with Gasteiger partial charge >= 0.3 is 0 Å². The highest BCUT2D eigenvalue weighted by molar-refractivity contribution is 7.89. The van der Waals surface area contributed by atoms with Crippen molar-refractivity contribution >= 4 is 9.84 Å². The molecule has 0 aliphatic rings. The molecule has 0 N–H and O–H groups in total. The zero-order chi connectivity index (χ0) is 15.7. The molecule has 0 fully saturated rings. The molecule has 21 heavy (non-hydrogen) atoms. The normalized spacial score (nSPS) is 12.6. The summed E-state index contributed by atoms with van der Waals surface area (Å²) in [4.78, 5) is 4.11. The van der Waals surface area contributed by atoms with Crippen LogP contribution >= 0.6 is 0 Å². The van der Waals surface area contributed by atoms with Crippen molar-refractivity contribution in [2.45, 2.75) is 37.7 Å². The Bertz CT molecular complexity index is 715. The summed E-state index contributed by atoms with van der Waals surface area (Å²) in [6.45, 7) is 5.70. The summed E-state index contributed by atoms with van der Waals surface area (Å²) < 4.78 is 42.1. The highest BCUT2D eigenvalue weighted by Gasteiger charge is 2.24. The summed E-state index contributed by atoms with van der Waals surface area (Å²) in [5.74, 6) is -0.350. The topological polar surface area (TPSA) is 73.1 Å². The molecule has 0 amide bonds. The molecule has 114 valence electrons. The van der Waals surface area contributed by atoms with Crippen LogP contribution in [0.25, 0.3) is 0 Å². The molecule has 0 spiro atoms. The zero-order valence-electron chi connectivity index (χ0n) is 12.1. The highest BCUT2D eigenvalue weighted by atomic mass is 32.2. The summed E-state index contributed by atoms with van der Waals surface area (Å²) >= 11 is 0. The van der Waals surface area contributed by atoms with Gasteiger partial charge in [-0.3, -0.25) is 0 Å². The third-order valence-corrected chi connectivity index (χ3v) is 4.23. The van der Waals surface area contributed by atoms with Gasteiger partial charge in [-0.1, -0.05) is 38.1 Å². The molecule has 0 saturated carbocycles. The minimum Gasteiger partial charge on any atom is -0.339 e. The van der Waals surface area contributed by atoms with E-state index in [0.717, 1.165) is 0 Å². The maximum Gasteiger partial charge on any atom is 0.232 e. The van der Waals surface area contributed by atoms with Gasteiger partial charge in [-0.15, -0.1) is 0 Å². The van der Waals surface area contributed by atoms with Crippen molar-refractivity contribution in [1.82, 2.24) is 10.1 Å². The Kier molecular flexibility index (Phi) is 4.13. The summed E-state index contributed by atoms with van der Waals surface area (Å²) in [7, 11) is -3.44. The van der Waals surface area contributed by atoms with Gasteiger partial charge < -0.3 is 4.52 Å². The molecule has 5 nitrogen and oxygen atoms in total. The lowest BCUT2D eigenvalue weighted by Crippen LogP contribution is -2.12. The van der Waals surface area contributed by atoms with E-state index < -0.39 is 15.7 Å². The fraction of sp³-hybridized carbons (Fsp3) is 0.429. The van der Waals surface area contributed by atoms with Crippen LogP contribution < -0.4 is 0 Å². The first-order valence-electron chi connectivity index (χ1n) is 6.44. The molecule has 7 heteroatoms. The number of rotatable bonds is 4. The standard InChI is InChI=1S/C14H17FN2O3S/c1-14(2,3)13-16-12(17-20-13)9-21(18,19)8-10-4-6-11(15)7-5-10/h4-7H,8-9H2,1-3H3. The largest absolute Gasteiger partial charge is 0.339 e. The van der Waals surface area contributed by atoms with Crippen LogP contribution in [-0.4, -0.2) is 18.6 Å². The average molecular weight is 312 g/mol. The van der Waals surface area contributed by atoms with E-state index in [1.54, 1.807) is 0 Å². The Morgan fingerprint density at radius 2 is 1.76 bits per heavy atom. The summed E-state index contributed by atoms with van der Waals surface area (Å²) in [6.07, 6.45) is 0. The monoisotopic (exact) mass is 312 g/mol. The Morgan fingerprint density at radius 3 is 2.29 bits per heavy atom. The number of halogens is 1. The predicted octanol–water partition coefficient (Wildman–Crippen LogP) is 2.62. The van der Waals surface area contributed by atoms with Gasteiger partial charge in [0.15, 0.2) is 15.7 Å². The number of nitrogens with zero attached hydrogens (tertiary/aromatic N) is 2. The molecule has 0 radical (unpaired) electrons. The van der Waals surface area contributed by atoms with Crippen LogP contribution in [0.2, 0.25) is 0 Å². The first kappa shape index (κ1) is 15.6. The molecule has 2 rings (SSSR count). The minimum atomic E-state index is -3.44. The molecule has 2 aromatic rings. The number of benzene rings is 1. The van der Waals surface area contributed by atoms with Gasteiger partial charge in [-0.25, -0.2) is 12.8 Å². The molecule has 0 aliphatic heterocycles. The van der Waals surface area contributed by atoms with Crippen molar-refractivity contribution in [3.63, 3.8) is 0 Å². The fourth-order valence-electron chi connectivity index (χ4n) is 1.70. The van der Waals surface area contributed by atoms with Crippen molar-refractivity contribution in [2.24, 2.45) is 0 Å². The lowest BCUT2D eigenvalue weighted by molar-refractivity contribution is 0.319. The summed E-state index contributed by atoms with van der Waals surface area (Å²) in [5, 5.41) is 3.70. The third kappa shape index (κ3) is 4.35. The van der Waals surface area contributed by atoms with Gasteiger partial charge in [0.1, 0.15) is 11.6 Å². The lowest BCUT2D eigenvalue weighted by atomic mass is 9.97. The van der Waals surface area contributed by atoms with Crippen LogP contribution in [0.5, 0.6) is 0 Å². The maximum atomic E-state index is 12.8. The van der Waals surface area contributed by atoms with Crippen LogP contribution in [-0.2, 0) is 26.8 Å². The van der Waals surface area contributed by atoms with Crippen LogP contribution in [0, 0.1) is 5.82 Å². The van der Waals surface area contributed by atoms with Crippen molar-refractivity contribution in [3.8, 4) is 0 Å². The zero-order valence-corrected chi connectivity index (χ0v) is 12.9. The van der Waals surface area contributed by atoms with Crippen LogP contribution in [0.4, 0.5) is 4.39 Å². The smallest absolute Gasteiger partial charge is 0.232 e. The van der Waals surface area contributed by atoms with E-state index in [1.165, 1.54) is 24.3 Å². The Morgan fingerprint density at radius 1 is 1.14 bits per heavy atom. The summed E-state index contributed by atoms with van der Waals surface area (Å²) in [6, 6.07) is 5.36. The quantitative estimate of drug-likeness (QED) is 0.867. The predicted molar refractivity (Wildman–Crippen MR) is 75.7 cm³/mol. The molecule has 1 aromatic carbocycles. The van der Waals surface area contributed by atoms with Crippen LogP contribution in [0.1, 0.15) is 38.0 Å². The second kappa shape index (κ2) is 5.55. The molecule has 0 unspecified atom stereocenters.